The molecule has 2 aliphatic carbocycles. The SMILES string of the molecule is CC(C)(C)c1ccc(Cc2ccc(C(C)(C)C)cc2)cc1.Cc1cc2c3c(c1)N1c4c(cccc4C4(C)CCCCC14C)B3c1ccc(Cl)cc1N2c1cccc2oc3ccccc3c12.Cc1cc2c3c(c1)N1c4c(cccc4C4(C)CCCCC14C)B3c1ccc(N(c3ccc(C(C)(C)C)cc3)c3ccc(C(C)(C)C)cc3)cc1N2c1cccc2oc3ccccc3c12. The number of hydrogen-bond acceptors (Lipinski definition) is 7. The minimum atomic E-state index is -0.0302. The summed E-state index contributed by atoms with van der Waals surface area (Å²) in [6.45, 7) is 42.2. The minimum absolute atomic E-state index is 0.0160. The van der Waals surface area contributed by atoms with Gasteiger partial charge < -0.3 is 33.3 Å². The Balaban J connectivity index is 0.000000129. The predicted octanol–water partition coefficient (Wildman–Crippen LogP) is 29.1. The van der Waals surface area contributed by atoms with Crippen LogP contribution in [0.3, 0.4) is 0 Å². The molecule has 0 saturated heterocycles. The molecule has 2 fully saturated rings. The number of para-hydroxylation sites is 4. The van der Waals surface area contributed by atoms with E-state index in [-0.39, 0.29) is 57.0 Å². The van der Waals surface area contributed by atoms with E-state index in [1.54, 1.807) is 0 Å². The molecule has 8 heterocycles. The van der Waals surface area contributed by atoms with Crippen LogP contribution in [0.15, 0.2) is 288 Å². The van der Waals surface area contributed by atoms with Gasteiger partial charge in [-0.05, 0) is 279 Å². The van der Waals surface area contributed by atoms with Crippen LogP contribution in [0, 0.1) is 13.8 Å². The lowest BCUT2D eigenvalue weighted by atomic mass is 9.33. The van der Waals surface area contributed by atoms with Crippen molar-refractivity contribution in [3.63, 3.8) is 0 Å². The van der Waals surface area contributed by atoms with Gasteiger partial charge in [0.2, 0.25) is 0 Å². The monoisotopic (exact) mass is 1710 g/mol. The van der Waals surface area contributed by atoms with Crippen LogP contribution in [0.2, 0.25) is 5.02 Å². The van der Waals surface area contributed by atoms with Crippen LogP contribution in [0.5, 0.6) is 0 Å². The first-order valence-electron chi connectivity index (χ1n) is 47.4. The maximum Gasteiger partial charge on any atom is 0.252 e. The van der Waals surface area contributed by atoms with Gasteiger partial charge in [0.05, 0.1) is 33.2 Å². The van der Waals surface area contributed by atoms with E-state index in [0.29, 0.717) is 0 Å². The highest BCUT2D eigenvalue weighted by Gasteiger charge is 2.63. The van der Waals surface area contributed by atoms with Crippen LogP contribution in [-0.4, -0.2) is 24.5 Å². The van der Waals surface area contributed by atoms with Crippen LogP contribution in [0.1, 0.15) is 218 Å². The molecule has 0 spiro atoms. The third kappa shape index (κ3) is 12.8. The summed E-state index contributed by atoms with van der Waals surface area (Å²) in [5, 5.41) is 5.28. The number of rotatable bonds is 7. The number of nitrogens with zero attached hydrogens (tertiary/aromatic N) is 5. The van der Waals surface area contributed by atoms with E-state index in [1.807, 2.05) is 6.07 Å². The minimum Gasteiger partial charge on any atom is -0.456 e. The van der Waals surface area contributed by atoms with Crippen LogP contribution >= 0.6 is 11.6 Å². The van der Waals surface area contributed by atoms with Gasteiger partial charge in [0, 0.05) is 89.2 Å². The molecule has 4 atom stereocenters. The fraction of sp³-hybridized carbons (Fsp3) is 0.294. The highest BCUT2D eigenvalue weighted by atomic mass is 35.5. The Morgan fingerprint density at radius 2 is 0.690 bits per heavy atom. The molecule has 14 aromatic carbocycles. The summed E-state index contributed by atoms with van der Waals surface area (Å²) in [5.41, 5.74) is 42.5. The van der Waals surface area contributed by atoms with Crippen molar-refractivity contribution in [2.75, 3.05) is 24.5 Å². The maximum absolute atomic E-state index is 6.84. The topological polar surface area (TPSA) is 42.5 Å². The first-order valence-corrected chi connectivity index (χ1v) is 47.8. The molecule has 0 N–H and O–H groups in total. The molecule has 2 saturated carbocycles. The highest BCUT2D eigenvalue weighted by Crippen LogP contribution is 2.65. The Labute approximate surface area is 769 Å². The lowest BCUT2D eigenvalue weighted by Crippen LogP contribution is -2.64. The normalized spacial score (nSPS) is 19.6. The van der Waals surface area contributed by atoms with Crippen molar-refractivity contribution in [3.05, 3.63) is 340 Å². The molecule has 2 aromatic heterocycles. The van der Waals surface area contributed by atoms with E-state index < -0.39 is 0 Å². The fourth-order valence-electron chi connectivity index (χ4n) is 24.5. The average molecular weight is 1710 g/mol. The number of aryl methyl sites for hydroxylation is 2. The summed E-state index contributed by atoms with van der Waals surface area (Å²) in [5.74, 6) is 0. The Morgan fingerprint density at radius 3 is 1.11 bits per heavy atom. The molecule has 24 rings (SSSR count). The largest absolute Gasteiger partial charge is 0.456 e. The van der Waals surface area contributed by atoms with Crippen LogP contribution < -0.4 is 57.3 Å². The third-order valence-electron chi connectivity index (χ3n) is 31.7. The number of fused-ring (bicyclic) bond motifs is 20. The zero-order valence-corrected chi connectivity index (χ0v) is 79.3. The standard InChI is InChI=1S/C59H58BN3O.C39H32BClN2O.C21H28/c1-37-34-49-54-50(35-37)63-55-44(58(8)32-12-13-33-59(58,63)9)17-14-18-46(55)60(54)45-31-30-42(36-48(45)62(49)47-19-15-21-52-53(47)43-16-10-11-20-51(43)64-52)61(40-26-22-38(23-27-40)56(2,3)4)41-28-24-39(25-29-41)57(5,6)7;1-23-20-31-36-32(21-23)43-37-26(38(2)18-6-7-19-39(38,43)3)11-8-12-28(37)40(36)27-17-16-24(41)22-30(27)42(31)29-13-9-15-34-35(29)25-10-4-5-14-33(25)44-34;1-20(2,3)18-11-7-16(8-12-18)15-17-9-13-19(14-10-17)21(4,5)6/h10-11,14-31,34-36H,12-13,32-33H2,1-9H3;4-5,8-17,20-22H,6-7,18-19H2,1-3H3;7-14H,15H2,1-6H3. The first-order chi connectivity index (χ1) is 61.7. The number of anilines is 13. The van der Waals surface area contributed by atoms with Gasteiger partial charge in [0.1, 0.15) is 22.3 Å². The van der Waals surface area contributed by atoms with Gasteiger partial charge in [0.15, 0.2) is 0 Å². The molecule has 0 bridgehead atoms. The molecule has 0 radical (unpaired) electrons. The molecule has 7 nitrogen and oxygen atoms in total. The van der Waals surface area contributed by atoms with Gasteiger partial charge in [-0.3, -0.25) is 0 Å². The molecule has 10 heteroatoms. The fourth-order valence-corrected chi connectivity index (χ4v) is 24.6. The van der Waals surface area contributed by atoms with E-state index in [2.05, 4.69) is 422 Å². The van der Waals surface area contributed by atoms with E-state index >= 15 is 0 Å². The van der Waals surface area contributed by atoms with Gasteiger partial charge in [0.25, 0.3) is 13.4 Å². The second-order valence-electron chi connectivity index (χ2n) is 43.7. The van der Waals surface area contributed by atoms with Crippen molar-refractivity contribution in [3.8, 4) is 0 Å². The summed E-state index contributed by atoms with van der Waals surface area (Å²) in [4.78, 5) is 13.1. The molecule has 8 aliphatic rings. The average Bonchev–Trinajstić information content (AvgIpc) is 1.51. The van der Waals surface area contributed by atoms with Gasteiger partial charge in [-0.25, -0.2) is 0 Å². The van der Waals surface area contributed by atoms with Crippen molar-refractivity contribution in [2.45, 2.75) is 226 Å². The lowest BCUT2D eigenvalue weighted by molar-refractivity contribution is 0.195. The molecule has 0 amide bonds. The van der Waals surface area contributed by atoms with Crippen molar-refractivity contribution in [1.29, 1.82) is 0 Å². The Hall–Kier alpha value is -11.9. The summed E-state index contributed by atoms with van der Waals surface area (Å²) in [6, 6.07) is 105. The number of halogens is 1. The summed E-state index contributed by atoms with van der Waals surface area (Å²) < 4.78 is 13.0. The molecule has 129 heavy (non-hydrogen) atoms. The molecule has 6 aliphatic heterocycles. The van der Waals surface area contributed by atoms with Crippen molar-refractivity contribution in [2.24, 2.45) is 0 Å². The van der Waals surface area contributed by atoms with Gasteiger partial charge in [-0.2, -0.15) is 0 Å². The van der Waals surface area contributed by atoms with E-state index in [4.69, 9.17) is 20.4 Å². The Bertz CT molecular complexity index is 7120. The van der Waals surface area contributed by atoms with Crippen LogP contribution in [0.25, 0.3) is 43.9 Å². The number of benzene rings is 14. The van der Waals surface area contributed by atoms with Crippen molar-refractivity contribution < 1.29 is 8.83 Å². The van der Waals surface area contributed by atoms with Gasteiger partial charge in [-0.1, -0.05) is 304 Å². The molecule has 16 aromatic rings. The van der Waals surface area contributed by atoms with Gasteiger partial charge >= 0.3 is 0 Å². The predicted molar refractivity (Wildman–Crippen MR) is 551 cm³/mol. The Morgan fingerprint density at radius 1 is 0.333 bits per heavy atom. The van der Waals surface area contributed by atoms with E-state index in [9.17, 15) is 0 Å². The second-order valence-corrected chi connectivity index (χ2v) is 44.1. The third-order valence-corrected chi connectivity index (χ3v) is 31.9. The molecular weight excluding hydrogens is 1590 g/mol. The smallest absolute Gasteiger partial charge is 0.252 e. The van der Waals surface area contributed by atoms with Crippen molar-refractivity contribution >= 4 is 176 Å². The van der Waals surface area contributed by atoms with Crippen LogP contribution in [0.4, 0.5) is 73.9 Å². The summed E-state index contributed by atoms with van der Waals surface area (Å²) in [6.07, 6.45) is 10.9. The van der Waals surface area contributed by atoms with E-state index in [0.717, 1.165) is 89.4 Å². The molecule has 644 valence electrons. The second kappa shape index (κ2) is 29.6. The van der Waals surface area contributed by atoms with E-state index in [1.165, 1.54) is 180 Å². The quantitative estimate of drug-likeness (QED) is 0.147. The van der Waals surface area contributed by atoms with Crippen molar-refractivity contribution in [1.82, 2.24) is 0 Å². The summed E-state index contributed by atoms with van der Waals surface area (Å²) >= 11 is 6.84. The van der Waals surface area contributed by atoms with Gasteiger partial charge in [-0.15, -0.1) is 0 Å². The lowest BCUT2D eigenvalue weighted by Gasteiger charge is -2.53. The zero-order valence-electron chi connectivity index (χ0n) is 78.5. The maximum atomic E-state index is 6.84. The van der Waals surface area contributed by atoms with Crippen LogP contribution in [-0.2, 0) is 38.9 Å². The molecular formula is C119H118B2ClN5O2. The first kappa shape index (κ1) is 82.8. The molecule has 4 unspecified atom stereocenters. The highest BCUT2D eigenvalue weighted by molar-refractivity contribution is 7.01. The zero-order chi connectivity index (χ0) is 89.3. The summed E-state index contributed by atoms with van der Waals surface area (Å²) in [7, 11) is 0. The number of furan rings is 2. The number of hydrogen-bond donors (Lipinski definition) is 0. The Kier molecular flexibility index (Phi) is 19.0.